The number of ether oxygens (including phenoxy) is 1. The van der Waals surface area contributed by atoms with Crippen LogP contribution in [0.1, 0.15) is 16.7 Å². The van der Waals surface area contributed by atoms with E-state index < -0.39 is 22.0 Å². The molecule has 184 valence electrons. The van der Waals surface area contributed by atoms with E-state index in [2.05, 4.69) is 20.7 Å². The summed E-state index contributed by atoms with van der Waals surface area (Å²) in [6.45, 7) is 3.68. The molecule has 0 saturated heterocycles. The van der Waals surface area contributed by atoms with Crippen molar-refractivity contribution < 1.29 is 22.7 Å². The zero-order valence-corrected chi connectivity index (χ0v) is 20.5. The fourth-order valence-corrected chi connectivity index (χ4v) is 4.55. The predicted molar refractivity (Wildman–Crippen MR) is 135 cm³/mol. The normalized spacial score (nSPS) is 10.8. The maximum atomic E-state index is 13.0. The Bertz CT molecular complexity index is 1310. The third-order valence-corrected chi connectivity index (χ3v) is 6.60. The lowest BCUT2D eigenvalue weighted by molar-refractivity contribution is -0.115. The van der Waals surface area contributed by atoms with E-state index >= 15 is 0 Å². The van der Waals surface area contributed by atoms with Crippen molar-refractivity contribution in [1.29, 1.82) is 0 Å². The molecule has 9 nitrogen and oxygen atoms in total. The molecule has 3 aromatic carbocycles. The van der Waals surface area contributed by atoms with Crippen molar-refractivity contribution in [1.82, 2.24) is 10.6 Å². The highest BCUT2D eigenvalue weighted by Gasteiger charge is 2.20. The van der Waals surface area contributed by atoms with Crippen LogP contribution < -0.4 is 25.4 Å². The van der Waals surface area contributed by atoms with Crippen molar-refractivity contribution in [2.75, 3.05) is 23.7 Å². The van der Waals surface area contributed by atoms with Crippen LogP contribution in [0.3, 0.4) is 0 Å². The molecular weight excluding hydrogens is 468 g/mol. The summed E-state index contributed by atoms with van der Waals surface area (Å²) in [5.74, 6) is -0.120. The molecule has 35 heavy (non-hydrogen) atoms. The van der Waals surface area contributed by atoms with E-state index in [-0.39, 0.29) is 17.1 Å². The van der Waals surface area contributed by atoms with E-state index in [1.54, 1.807) is 43.3 Å². The Morgan fingerprint density at radius 2 is 1.63 bits per heavy atom. The lowest BCUT2D eigenvalue weighted by Crippen LogP contribution is -2.39. The summed E-state index contributed by atoms with van der Waals surface area (Å²) in [5.41, 5.74) is 3.13. The van der Waals surface area contributed by atoms with Gasteiger partial charge in [0, 0.05) is 12.2 Å². The van der Waals surface area contributed by atoms with Crippen LogP contribution in [0.4, 0.5) is 16.2 Å². The van der Waals surface area contributed by atoms with Crippen LogP contribution in [0, 0.1) is 13.8 Å². The van der Waals surface area contributed by atoms with E-state index in [4.69, 9.17) is 4.74 Å². The van der Waals surface area contributed by atoms with Crippen molar-refractivity contribution in [3.63, 3.8) is 0 Å². The quantitative estimate of drug-likeness (QED) is 0.361. The third-order valence-electron chi connectivity index (χ3n) is 5.10. The number of carbonyl (C=O) groups is 2. The summed E-state index contributed by atoms with van der Waals surface area (Å²) >= 11 is 0. The van der Waals surface area contributed by atoms with Crippen LogP contribution >= 0.6 is 0 Å². The van der Waals surface area contributed by atoms with Gasteiger partial charge in [0.1, 0.15) is 5.75 Å². The molecule has 3 amide bonds. The fourth-order valence-electron chi connectivity index (χ4n) is 3.21. The number of methoxy groups -OCH3 is 1. The Kier molecular flexibility index (Phi) is 8.32. The summed E-state index contributed by atoms with van der Waals surface area (Å²) in [6, 6.07) is 18.4. The van der Waals surface area contributed by atoms with Crippen LogP contribution in [0.2, 0.25) is 0 Å². The zero-order chi connectivity index (χ0) is 25.4. The van der Waals surface area contributed by atoms with Gasteiger partial charge in [-0.15, -0.1) is 0 Å². The van der Waals surface area contributed by atoms with Crippen LogP contribution in [-0.4, -0.2) is 34.0 Å². The molecule has 0 saturated carbocycles. The Morgan fingerprint density at radius 3 is 2.34 bits per heavy atom. The Hall–Kier alpha value is -4.05. The summed E-state index contributed by atoms with van der Waals surface area (Å²) in [5, 5.41) is 7.76. The first-order valence-electron chi connectivity index (χ1n) is 10.8. The molecule has 0 bridgehead atoms. The number of nitrogens with one attached hydrogen (secondary N) is 4. The molecule has 0 aliphatic carbocycles. The van der Waals surface area contributed by atoms with E-state index in [0.29, 0.717) is 23.5 Å². The van der Waals surface area contributed by atoms with Crippen LogP contribution in [0.5, 0.6) is 5.75 Å². The first-order chi connectivity index (χ1) is 16.7. The topological polar surface area (TPSA) is 126 Å². The number of anilines is 2. The zero-order valence-electron chi connectivity index (χ0n) is 19.7. The summed E-state index contributed by atoms with van der Waals surface area (Å²) < 4.78 is 33.7. The number of aryl methyl sites for hydroxylation is 2. The Morgan fingerprint density at radius 1 is 0.914 bits per heavy atom. The highest BCUT2D eigenvalue weighted by atomic mass is 32.2. The highest BCUT2D eigenvalue weighted by molar-refractivity contribution is 7.92. The Labute approximate surface area is 204 Å². The van der Waals surface area contributed by atoms with Gasteiger partial charge in [-0.25, -0.2) is 13.2 Å². The third kappa shape index (κ3) is 7.21. The van der Waals surface area contributed by atoms with Crippen LogP contribution in [0.25, 0.3) is 0 Å². The van der Waals surface area contributed by atoms with Gasteiger partial charge in [0.25, 0.3) is 10.0 Å². The molecule has 0 fully saturated rings. The average Bonchev–Trinajstić information content (AvgIpc) is 2.83. The van der Waals surface area contributed by atoms with Crippen molar-refractivity contribution in [3.8, 4) is 5.75 Å². The Balaban J connectivity index is 1.59. The molecule has 0 radical (unpaired) electrons. The molecule has 0 spiro atoms. The van der Waals surface area contributed by atoms with Crippen LogP contribution in [0.15, 0.2) is 71.6 Å². The minimum atomic E-state index is -3.96. The number of hydrogen-bond donors (Lipinski definition) is 4. The van der Waals surface area contributed by atoms with Gasteiger partial charge in [0.05, 0.1) is 24.2 Å². The number of amides is 3. The monoisotopic (exact) mass is 496 g/mol. The number of sulfonamides is 1. The number of hydrogen-bond acceptors (Lipinski definition) is 5. The molecule has 0 aliphatic heterocycles. The molecule has 3 rings (SSSR count). The SMILES string of the molecule is COc1ccccc1NS(=O)(=O)c1cc(NC(=O)CNC(=O)NCc2ccc(C)cc2)ccc1C. The average molecular weight is 497 g/mol. The lowest BCUT2D eigenvalue weighted by atomic mass is 10.1. The molecule has 3 aromatic rings. The van der Waals surface area contributed by atoms with Crippen molar-refractivity contribution in [3.05, 3.63) is 83.4 Å². The number of carbonyl (C=O) groups excluding carboxylic acids is 2. The first kappa shape index (κ1) is 25.6. The predicted octanol–water partition coefficient (Wildman–Crippen LogP) is 3.55. The smallest absolute Gasteiger partial charge is 0.315 e. The van der Waals surface area contributed by atoms with E-state index in [0.717, 1.165) is 11.1 Å². The molecular formula is C25H28N4O5S. The van der Waals surface area contributed by atoms with Gasteiger partial charge in [-0.2, -0.15) is 0 Å². The summed E-state index contributed by atoms with van der Waals surface area (Å²) in [4.78, 5) is 24.3. The standard InChI is InChI=1S/C25H28N4O5S/c1-17-8-11-19(12-9-17)15-26-25(31)27-16-24(30)28-20-13-10-18(2)23(14-20)35(32,33)29-21-6-4-5-7-22(21)34-3/h4-14,29H,15-16H2,1-3H3,(H,28,30)(H2,26,27,31). The summed E-state index contributed by atoms with van der Waals surface area (Å²) in [7, 11) is -2.51. The minimum Gasteiger partial charge on any atom is -0.495 e. The second-order valence-corrected chi connectivity index (χ2v) is 9.51. The first-order valence-corrected chi connectivity index (χ1v) is 12.3. The molecule has 0 atom stereocenters. The van der Waals surface area contributed by atoms with Gasteiger partial charge >= 0.3 is 6.03 Å². The van der Waals surface area contributed by atoms with Gasteiger partial charge in [0.2, 0.25) is 5.91 Å². The second kappa shape index (κ2) is 11.4. The van der Waals surface area contributed by atoms with Gasteiger partial charge < -0.3 is 20.7 Å². The molecule has 0 aromatic heterocycles. The number of rotatable bonds is 9. The van der Waals surface area contributed by atoms with Crippen molar-refractivity contribution in [2.45, 2.75) is 25.3 Å². The van der Waals surface area contributed by atoms with Gasteiger partial charge in [-0.05, 0) is 49.2 Å². The molecule has 0 aliphatic rings. The van der Waals surface area contributed by atoms with E-state index in [9.17, 15) is 18.0 Å². The van der Waals surface area contributed by atoms with Gasteiger partial charge in [-0.3, -0.25) is 9.52 Å². The van der Waals surface area contributed by atoms with Gasteiger partial charge in [-0.1, -0.05) is 48.0 Å². The maximum absolute atomic E-state index is 13.0. The molecule has 0 heterocycles. The molecule has 4 N–H and O–H groups in total. The minimum absolute atomic E-state index is 0.00464. The number of para-hydroxylation sites is 2. The summed E-state index contributed by atoms with van der Waals surface area (Å²) in [6.07, 6.45) is 0. The lowest BCUT2D eigenvalue weighted by Gasteiger charge is -2.14. The van der Waals surface area contributed by atoms with Crippen LogP contribution in [-0.2, 0) is 21.4 Å². The molecule has 10 heteroatoms. The fraction of sp³-hybridized carbons (Fsp3) is 0.200. The van der Waals surface area contributed by atoms with Gasteiger partial charge in [0.15, 0.2) is 0 Å². The van der Waals surface area contributed by atoms with E-state index in [1.807, 2.05) is 31.2 Å². The van der Waals surface area contributed by atoms with Crippen molar-refractivity contribution >= 4 is 33.3 Å². The largest absolute Gasteiger partial charge is 0.495 e. The van der Waals surface area contributed by atoms with E-state index in [1.165, 1.54) is 13.2 Å². The second-order valence-electron chi connectivity index (χ2n) is 7.86. The highest BCUT2D eigenvalue weighted by Crippen LogP contribution is 2.28. The number of urea groups is 1. The number of benzene rings is 3. The molecule has 0 unspecified atom stereocenters. The van der Waals surface area contributed by atoms with Crippen molar-refractivity contribution in [2.24, 2.45) is 0 Å². The maximum Gasteiger partial charge on any atom is 0.315 e.